The summed E-state index contributed by atoms with van der Waals surface area (Å²) < 4.78 is 27.4. The number of H-pyrrole nitrogens is 1. The Labute approximate surface area is 154 Å². The molecule has 4 rings (SSSR count). The summed E-state index contributed by atoms with van der Waals surface area (Å²) in [5.74, 6) is -1.21. The molecule has 0 saturated heterocycles. The normalized spacial score (nSPS) is 14.6. The van der Waals surface area contributed by atoms with E-state index < -0.39 is 11.6 Å². The van der Waals surface area contributed by atoms with Gasteiger partial charge in [0.15, 0.2) is 17.5 Å². The molecule has 0 atom stereocenters. The highest BCUT2D eigenvalue weighted by atomic mass is 19.2. The van der Waals surface area contributed by atoms with Crippen LogP contribution in [0.15, 0.2) is 47.4 Å². The number of nitrogens with one attached hydrogen (secondary N) is 1. The van der Waals surface area contributed by atoms with Crippen LogP contribution in [0.25, 0.3) is 11.5 Å². The van der Waals surface area contributed by atoms with E-state index in [1.165, 1.54) is 6.07 Å². The third-order valence-corrected chi connectivity index (χ3v) is 4.78. The number of hydrogen-bond acceptors (Lipinski definition) is 4. The lowest BCUT2D eigenvalue weighted by atomic mass is 10.1. The van der Waals surface area contributed by atoms with Crippen molar-refractivity contribution in [1.82, 2.24) is 19.9 Å². The Morgan fingerprint density at radius 1 is 1.07 bits per heavy atom. The number of aromatic amines is 1. The van der Waals surface area contributed by atoms with Crippen molar-refractivity contribution >= 4 is 0 Å². The van der Waals surface area contributed by atoms with Crippen LogP contribution >= 0.6 is 0 Å². The summed E-state index contributed by atoms with van der Waals surface area (Å²) in [6, 6.07) is 9.63. The number of aromatic nitrogens is 3. The molecule has 3 heterocycles. The Morgan fingerprint density at radius 2 is 1.93 bits per heavy atom. The van der Waals surface area contributed by atoms with Crippen molar-refractivity contribution in [2.45, 2.75) is 19.4 Å². The summed E-state index contributed by atoms with van der Waals surface area (Å²) in [5.41, 5.74) is 2.15. The maximum Gasteiger partial charge on any atom is 0.254 e. The minimum Gasteiger partial charge on any atom is -0.305 e. The third kappa shape index (κ3) is 3.64. The maximum absolute atomic E-state index is 13.9. The molecular weight excluding hydrogens is 350 g/mol. The molecule has 0 aliphatic carbocycles. The second kappa shape index (κ2) is 7.36. The number of pyridine rings is 1. The molecule has 3 aromatic rings. The van der Waals surface area contributed by atoms with Gasteiger partial charge in [-0.05, 0) is 24.6 Å². The van der Waals surface area contributed by atoms with Gasteiger partial charge in [0.05, 0.1) is 5.69 Å². The molecule has 7 heteroatoms. The van der Waals surface area contributed by atoms with E-state index in [1.54, 1.807) is 24.4 Å². The van der Waals surface area contributed by atoms with Crippen molar-refractivity contribution in [2.24, 2.45) is 0 Å². The number of nitrogens with zero attached hydrogens (tertiary/aromatic N) is 3. The minimum absolute atomic E-state index is 0.167. The van der Waals surface area contributed by atoms with E-state index in [2.05, 4.69) is 15.0 Å². The lowest BCUT2D eigenvalue weighted by Gasteiger charge is -2.19. The van der Waals surface area contributed by atoms with E-state index in [9.17, 15) is 13.6 Å². The lowest BCUT2D eigenvalue weighted by molar-refractivity contribution is 0.273. The second-order valence-corrected chi connectivity index (χ2v) is 6.54. The van der Waals surface area contributed by atoms with E-state index in [1.807, 2.05) is 11.0 Å². The van der Waals surface area contributed by atoms with Crippen molar-refractivity contribution in [2.75, 3.05) is 13.1 Å². The molecule has 0 bridgehead atoms. The van der Waals surface area contributed by atoms with E-state index >= 15 is 0 Å². The van der Waals surface area contributed by atoms with Crippen LogP contribution < -0.4 is 5.56 Å². The average Bonchev–Trinajstić information content (AvgIpc) is 2.89. The maximum atomic E-state index is 13.9. The molecular formula is C20H18F2N4O. The first kappa shape index (κ1) is 17.5. The predicted molar refractivity (Wildman–Crippen MR) is 97.1 cm³/mol. The van der Waals surface area contributed by atoms with Crippen LogP contribution in [0, 0.1) is 11.6 Å². The standard InChI is InChI=1S/C20H18F2N4O/c21-15-5-3-4-13(18(15)22)12-26-10-7-14-16(8-11-26)24-19(25-20(14)27)17-6-1-2-9-23-17/h1-6,9H,7-8,10-12H2,(H,24,25,27). The van der Waals surface area contributed by atoms with Crippen LogP contribution in [0.3, 0.4) is 0 Å². The molecule has 138 valence electrons. The fourth-order valence-electron chi connectivity index (χ4n) is 3.35. The van der Waals surface area contributed by atoms with Crippen LogP contribution in [0.2, 0.25) is 0 Å². The molecule has 0 radical (unpaired) electrons. The van der Waals surface area contributed by atoms with Crippen LogP contribution in [-0.2, 0) is 19.4 Å². The van der Waals surface area contributed by atoms with Crippen LogP contribution in [0.4, 0.5) is 8.78 Å². The zero-order chi connectivity index (χ0) is 18.8. The summed E-state index contributed by atoms with van der Waals surface area (Å²) in [6.45, 7) is 1.49. The monoisotopic (exact) mass is 368 g/mol. The van der Waals surface area contributed by atoms with E-state index in [0.29, 0.717) is 55.1 Å². The minimum atomic E-state index is -0.844. The molecule has 0 unspecified atom stereocenters. The summed E-state index contributed by atoms with van der Waals surface area (Å²) in [5, 5.41) is 0. The largest absolute Gasteiger partial charge is 0.305 e. The average molecular weight is 368 g/mol. The summed E-state index contributed by atoms with van der Waals surface area (Å²) in [7, 11) is 0. The van der Waals surface area contributed by atoms with Crippen molar-refractivity contribution in [3.05, 3.63) is 81.4 Å². The number of benzene rings is 1. The van der Waals surface area contributed by atoms with Gasteiger partial charge in [-0.3, -0.25) is 14.7 Å². The molecule has 2 aromatic heterocycles. The Morgan fingerprint density at radius 3 is 2.74 bits per heavy atom. The number of fused-ring (bicyclic) bond motifs is 1. The SMILES string of the molecule is O=c1[nH]c(-c2ccccn2)nc2c1CCN(Cc1cccc(F)c1F)CC2. The zero-order valence-electron chi connectivity index (χ0n) is 14.6. The number of rotatable bonds is 3. The molecule has 27 heavy (non-hydrogen) atoms. The highest BCUT2D eigenvalue weighted by Gasteiger charge is 2.20. The zero-order valence-corrected chi connectivity index (χ0v) is 14.6. The van der Waals surface area contributed by atoms with Crippen LogP contribution in [-0.4, -0.2) is 32.9 Å². The topological polar surface area (TPSA) is 61.9 Å². The molecule has 0 amide bonds. The highest BCUT2D eigenvalue weighted by Crippen LogP contribution is 2.18. The molecule has 0 spiro atoms. The van der Waals surface area contributed by atoms with Gasteiger partial charge in [0.1, 0.15) is 5.69 Å². The fraction of sp³-hybridized carbons (Fsp3) is 0.250. The first-order chi connectivity index (χ1) is 13.1. The third-order valence-electron chi connectivity index (χ3n) is 4.78. The number of halogens is 2. The first-order valence-electron chi connectivity index (χ1n) is 8.80. The second-order valence-electron chi connectivity index (χ2n) is 6.54. The van der Waals surface area contributed by atoms with Gasteiger partial charge in [-0.2, -0.15) is 0 Å². The van der Waals surface area contributed by atoms with Gasteiger partial charge in [0.2, 0.25) is 0 Å². The highest BCUT2D eigenvalue weighted by molar-refractivity contribution is 5.49. The van der Waals surface area contributed by atoms with Crippen molar-refractivity contribution in [3.63, 3.8) is 0 Å². The smallest absolute Gasteiger partial charge is 0.254 e. The molecule has 1 N–H and O–H groups in total. The van der Waals surface area contributed by atoms with Gasteiger partial charge >= 0.3 is 0 Å². The van der Waals surface area contributed by atoms with Crippen molar-refractivity contribution in [3.8, 4) is 11.5 Å². The first-order valence-corrected chi connectivity index (χ1v) is 8.80. The molecule has 0 saturated carbocycles. The Bertz CT molecular complexity index is 1020. The van der Waals surface area contributed by atoms with E-state index in [0.717, 1.165) is 11.8 Å². The van der Waals surface area contributed by atoms with Gasteiger partial charge in [-0.25, -0.2) is 13.8 Å². The molecule has 1 aliphatic heterocycles. The quantitative estimate of drug-likeness (QED) is 0.772. The Balaban J connectivity index is 1.57. The lowest BCUT2D eigenvalue weighted by Crippen LogP contribution is -2.27. The molecule has 1 aliphatic rings. The summed E-state index contributed by atoms with van der Waals surface area (Å²) in [6.07, 6.45) is 2.73. The van der Waals surface area contributed by atoms with Gasteiger partial charge < -0.3 is 4.98 Å². The fourth-order valence-corrected chi connectivity index (χ4v) is 3.35. The molecule has 1 aromatic carbocycles. The van der Waals surface area contributed by atoms with Crippen molar-refractivity contribution in [1.29, 1.82) is 0 Å². The van der Waals surface area contributed by atoms with E-state index in [4.69, 9.17) is 0 Å². The summed E-state index contributed by atoms with van der Waals surface area (Å²) in [4.78, 5) is 26.2. The Hall–Kier alpha value is -2.93. The van der Waals surface area contributed by atoms with E-state index in [-0.39, 0.29) is 5.56 Å². The Kier molecular flexibility index (Phi) is 4.77. The molecule has 0 fully saturated rings. The van der Waals surface area contributed by atoms with Gasteiger partial charge in [-0.1, -0.05) is 18.2 Å². The number of hydrogen-bond donors (Lipinski definition) is 1. The van der Waals surface area contributed by atoms with Crippen LogP contribution in [0.5, 0.6) is 0 Å². The van der Waals surface area contributed by atoms with Gasteiger partial charge in [0.25, 0.3) is 5.56 Å². The summed E-state index contributed by atoms with van der Waals surface area (Å²) >= 11 is 0. The molecule has 5 nitrogen and oxygen atoms in total. The van der Waals surface area contributed by atoms with Crippen molar-refractivity contribution < 1.29 is 8.78 Å². The van der Waals surface area contributed by atoms with Crippen LogP contribution in [0.1, 0.15) is 16.8 Å². The predicted octanol–water partition coefficient (Wildman–Crippen LogP) is 2.71. The van der Waals surface area contributed by atoms with Gasteiger partial charge in [0, 0.05) is 43.4 Å². The van der Waals surface area contributed by atoms with Gasteiger partial charge in [-0.15, -0.1) is 0 Å².